The van der Waals surface area contributed by atoms with Gasteiger partial charge in [0.2, 0.25) is 5.91 Å². The summed E-state index contributed by atoms with van der Waals surface area (Å²) in [7, 11) is 0. The molecule has 1 heterocycles. The van der Waals surface area contributed by atoms with Crippen LogP contribution in [0.3, 0.4) is 0 Å². The zero-order valence-electron chi connectivity index (χ0n) is 30.6. The third-order valence-electron chi connectivity index (χ3n) is 9.80. The predicted octanol–water partition coefficient (Wildman–Crippen LogP) is 5.80. The Kier molecular flexibility index (Phi) is 28.1. The van der Waals surface area contributed by atoms with Gasteiger partial charge in [0, 0.05) is 6.42 Å². The largest absolute Gasteiger partial charge is 0.394 e. The van der Waals surface area contributed by atoms with E-state index < -0.39 is 55.6 Å². The molecule has 0 bridgehead atoms. The number of hydrogen-bond acceptors (Lipinski definition) is 9. The summed E-state index contributed by atoms with van der Waals surface area (Å²) < 4.78 is 11.1. The van der Waals surface area contributed by atoms with Crippen molar-refractivity contribution in [3.63, 3.8) is 0 Å². The molecule has 0 aromatic carbocycles. The van der Waals surface area contributed by atoms with Crippen LogP contribution in [0.5, 0.6) is 0 Å². The van der Waals surface area contributed by atoms with Crippen LogP contribution in [0.15, 0.2) is 0 Å². The number of carbonyl (C=O) groups excluding carboxylic acids is 1. The Morgan fingerprint density at radius 2 is 1.08 bits per heavy atom. The maximum atomic E-state index is 12.9. The molecule has 10 heteroatoms. The Hall–Kier alpha value is -0.850. The first kappa shape index (κ1) is 45.2. The van der Waals surface area contributed by atoms with Gasteiger partial charge < -0.3 is 45.4 Å². The summed E-state index contributed by atoms with van der Waals surface area (Å²) in [6, 6.07) is -0.982. The molecule has 10 nitrogen and oxygen atoms in total. The fraction of sp³-hybridized carbons (Fsp3) is 0.974. The molecule has 0 unspecified atom stereocenters. The van der Waals surface area contributed by atoms with Gasteiger partial charge in [-0.3, -0.25) is 4.79 Å². The van der Waals surface area contributed by atoms with E-state index in [2.05, 4.69) is 19.2 Å². The zero-order valence-corrected chi connectivity index (χ0v) is 30.6. The Balaban J connectivity index is 2.49. The molecule has 0 spiro atoms. The Morgan fingerprint density at radius 3 is 1.54 bits per heavy atom. The van der Waals surface area contributed by atoms with E-state index in [0.717, 1.165) is 51.4 Å². The number of ether oxygens (including phenoxy) is 2. The van der Waals surface area contributed by atoms with Crippen LogP contribution in [-0.2, 0) is 14.3 Å². The second-order valence-electron chi connectivity index (χ2n) is 14.2. The fourth-order valence-corrected chi connectivity index (χ4v) is 6.49. The van der Waals surface area contributed by atoms with Gasteiger partial charge in [-0.25, -0.2) is 0 Å². The standard InChI is InChI=1S/C38H75NO9/c1-3-5-7-9-11-13-15-17-18-20-22-24-26-31(41)34(43)30(29-47-38-37(46)36(45)35(44)32(28-40)48-38)39-33(42)27-25-23-21-19-16-14-12-10-8-6-4-2/h30-32,34-38,40-41,43-46H,3-29H2,1-2H3,(H,39,42)/t30-,31+,32+,34-,35-,36-,37+,38-/m0/s1. The summed E-state index contributed by atoms with van der Waals surface area (Å²) in [5, 5.41) is 64.8. The first-order valence-electron chi connectivity index (χ1n) is 19.8. The summed E-state index contributed by atoms with van der Waals surface area (Å²) in [6.07, 6.45) is 18.3. The molecule has 1 aliphatic heterocycles. The van der Waals surface area contributed by atoms with Crippen LogP contribution in [0.4, 0.5) is 0 Å². The molecule has 1 rings (SSSR count). The van der Waals surface area contributed by atoms with Crippen LogP contribution in [-0.4, -0.2) is 98.7 Å². The highest BCUT2D eigenvalue weighted by Crippen LogP contribution is 2.23. The number of unbranched alkanes of at least 4 members (excludes halogenated alkanes) is 21. The topological polar surface area (TPSA) is 169 Å². The minimum Gasteiger partial charge on any atom is -0.394 e. The van der Waals surface area contributed by atoms with Crippen LogP contribution < -0.4 is 5.32 Å². The molecule has 7 N–H and O–H groups in total. The van der Waals surface area contributed by atoms with Crippen molar-refractivity contribution in [1.82, 2.24) is 5.32 Å². The molecule has 8 atom stereocenters. The van der Waals surface area contributed by atoms with Crippen molar-refractivity contribution in [1.29, 1.82) is 0 Å². The number of aliphatic hydroxyl groups excluding tert-OH is 6. The van der Waals surface area contributed by atoms with Gasteiger partial charge in [-0.15, -0.1) is 0 Å². The van der Waals surface area contributed by atoms with Crippen molar-refractivity contribution in [3.05, 3.63) is 0 Å². The highest BCUT2D eigenvalue weighted by atomic mass is 16.7. The number of rotatable bonds is 32. The zero-order chi connectivity index (χ0) is 35.4. The maximum absolute atomic E-state index is 12.9. The molecule has 0 saturated carbocycles. The van der Waals surface area contributed by atoms with Crippen LogP contribution >= 0.6 is 0 Å². The van der Waals surface area contributed by atoms with Crippen molar-refractivity contribution in [2.24, 2.45) is 0 Å². The third-order valence-corrected chi connectivity index (χ3v) is 9.80. The van der Waals surface area contributed by atoms with Gasteiger partial charge in [0.05, 0.1) is 25.4 Å². The van der Waals surface area contributed by atoms with E-state index in [1.54, 1.807) is 0 Å². The molecule has 1 fully saturated rings. The fourth-order valence-electron chi connectivity index (χ4n) is 6.49. The lowest BCUT2D eigenvalue weighted by molar-refractivity contribution is -0.303. The average Bonchev–Trinajstić information content (AvgIpc) is 3.08. The maximum Gasteiger partial charge on any atom is 0.220 e. The lowest BCUT2D eigenvalue weighted by Gasteiger charge is -2.40. The minimum atomic E-state index is -1.60. The second kappa shape index (κ2) is 29.8. The number of carbonyl (C=O) groups is 1. The first-order chi connectivity index (χ1) is 23.3. The molecule has 0 radical (unpaired) electrons. The molecule has 48 heavy (non-hydrogen) atoms. The lowest BCUT2D eigenvalue weighted by atomic mass is 9.98. The highest BCUT2D eigenvalue weighted by Gasteiger charge is 2.44. The number of hydrogen-bond donors (Lipinski definition) is 7. The van der Waals surface area contributed by atoms with Gasteiger partial charge in [-0.05, 0) is 12.8 Å². The summed E-state index contributed by atoms with van der Waals surface area (Å²) in [5.74, 6) is -0.259. The molecule has 1 saturated heterocycles. The van der Waals surface area contributed by atoms with E-state index in [9.17, 15) is 35.4 Å². The van der Waals surface area contributed by atoms with Crippen molar-refractivity contribution >= 4 is 5.91 Å². The van der Waals surface area contributed by atoms with Crippen molar-refractivity contribution in [2.45, 2.75) is 223 Å². The van der Waals surface area contributed by atoms with Gasteiger partial charge in [0.25, 0.3) is 0 Å². The van der Waals surface area contributed by atoms with Crippen molar-refractivity contribution < 1.29 is 44.9 Å². The predicted molar refractivity (Wildman–Crippen MR) is 190 cm³/mol. The molecule has 0 aliphatic carbocycles. The summed E-state index contributed by atoms with van der Waals surface area (Å²) in [4.78, 5) is 12.9. The Labute approximate surface area is 292 Å². The first-order valence-corrected chi connectivity index (χ1v) is 19.8. The average molecular weight is 690 g/mol. The van der Waals surface area contributed by atoms with Gasteiger partial charge in [0.15, 0.2) is 6.29 Å². The van der Waals surface area contributed by atoms with Gasteiger partial charge >= 0.3 is 0 Å². The molecule has 0 aromatic rings. The van der Waals surface area contributed by atoms with Gasteiger partial charge in [-0.1, -0.05) is 155 Å². The molecule has 1 amide bonds. The normalized spacial score (nSPS) is 23.2. The quantitative estimate of drug-likeness (QED) is 0.0432. The van der Waals surface area contributed by atoms with E-state index in [-0.39, 0.29) is 18.9 Å². The number of aliphatic hydroxyl groups is 6. The monoisotopic (exact) mass is 690 g/mol. The van der Waals surface area contributed by atoms with E-state index in [0.29, 0.717) is 6.42 Å². The highest BCUT2D eigenvalue weighted by molar-refractivity contribution is 5.76. The number of amides is 1. The van der Waals surface area contributed by atoms with Crippen molar-refractivity contribution in [2.75, 3.05) is 13.2 Å². The third kappa shape index (κ3) is 20.7. The molecule has 286 valence electrons. The Bertz CT molecular complexity index is 743. The number of nitrogens with one attached hydrogen (secondary N) is 1. The van der Waals surface area contributed by atoms with E-state index >= 15 is 0 Å². The lowest BCUT2D eigenvalue weighted by Crippen LogP contribution is -2.60. The smallest absolute Gasteiger partial charge is 0.220 e. The Morgan fingerprint density at radius 1 is 0.646 bits per heavy atom. The van der Waals surface area contributed by atoms with Crippen molar-refractivity contribution in [3.8, 4) is 0 Å². The van der Waals surface area contributed by atoms with Crippen LogP contribution in [0.1, 0.15) is 174 Å². The minimum absolute atomic E-state index is 0.259. The van der Waals surface area contributed by atoms with Crippen LogP contribution in [0.2, 0.25) is 0 Å². The summed E-state index contributed by atoms with van der Waals surface area (Å²) in [6.45, 7) is 3.57. The molecular weight excluding hydrogens is 614 g/mol. The van der Waals surface area contributed by atoms with Crippen LogP contribution in [0, 0.1) is 0 Å². The second-order valence-corrected chi connectivity index (χ2v) is 14.2. The van der Waals surface area contributed by atoms with E-state index in [1.165, 1.54) is 96.3 Å². The summed E-state index contributed by atoms with van der Waals surface area (Å²) in [5.41, 5.74) is 0. The van der Waals surface area contributed by atoms with E-state index in [1.807, 2.05) is 0 Å². The van der Waals surface area contributed by atoms with Gasteiger partial charge in [-0.2, -0.15) is 0 Å². The van der Waals surface area contributed by atoms with E-state index in [4.69, 9.17) is 9.47 Å². The molecule has 1 aliphatic rings. The molecular formula is C38H75NO9. The van der Waals surface area contributed by atoms with Gasteiger partial charge in [0.1, 0.15) is 30.5 Å². The SMILES string of the molecule is CCCCCCCCCCCCCC[C@@H](O)[C@@H](O)[C@H](CO[C@H]1O[C@H](CO)[C@H](O)[C@H](O)[C@H]1O)NC(=O)CCCCCCCCCCCCC. The molecule has 0 aromatic heterocycles. The van der Waals surface area contributed by atoms with Crippen LogP contribution in [0.25, 0.3) is 0 Å². The summed E-state index contributed by atoms with van der Waals surface area (Å²) >= 11 is 0.